The van der Waals surface area contributed by atoms with Crippen molar-refractivity contribution in [2.24, 2.45) is 0 Å². The van der Waals surface area contributed by atoms with Crippen molar-refractivity contribution >= 4 is 11.3 Å². The van der Waals surface area contributed by atoms with E-state index in [0.717, 1.165) is 40.6 Å². The van der Waals surface area contributed by atoms with Crippen LogP contribution in [0, 0.1) is 0 Å². The Bertz CT molecular complexity index is 1150. The summed E-state index contributed by atoms with van der Waals surface area (Å²) in [5.41, 5.74) is 2.91. The molecule has 0 unspecified atom stereocenters. The maximum atomic E-state index is 5.84. The molecule has 0 atom stereocenters. The maximum absolute atomic E-state index is 5.84. The summed E-state index contributed by atoms with van der Waals surface area (Å²) in [7, 11) is 0. The predicted molar refractivity (Wildman–Crippen MR) is 111 cm³/mol. The number of benzene rings is 2. The fraction of sp³-hybridized carbons (Fsp3) is 0.0435. The highest BCUT2D eigenvalue weighted by Gasteiger charge is 2.11. The third-order valence-corrected chi connectivity index (χ3v) is 5.39. The molecule has 4 nitrogen and oxygen atoms in total. The van der Waals surface area contributed by atoms with E-state index in [1.807, 2.05) is 66.7 Å². The van der Waals surface area contributed by atoms with Gasteiger partial charge in [0.25, 0.3) is 0 Å². The molecule has 5 heteroatoms. The molecule has 138 valence electrons. The second-order valence-electron chi connectivity index (χ2n) is 6.48. The van der Waals surface area contributed by atoms with E-state index in [9.17, 15) is 0 Å². The third-order valence-electron chi connectivity index (χ3n) is 4.47. The average Bonchev–Trinajstić information content (AvgIpc) is 3.36. The van der Waals surface area contributed by atoms with Gasteiger partial charge in [-0.2, -0.15) is 0 Å². The summed E-state index contributed by atoms with van der Waals surface area (Å²) in [5, 5.41) is 6.37. The molecule has 0 radical (unpaired) electrons. The minimum atomic E-state index is 0.744. The monoisotopic (exact) mass is 385 g/mol. The largest absolute Gasteiger partial charge is 0.457 e. The molecule has 0 aliphatic heterocycles. The van der Waals surface area contributed by atoms with Gasteiger partial charge in [0.2, 0.25) is 0 Å². The minimum absolute atomic E-state index is 0.744. The number of hydrogen-bond donors (Lipinski definition) is 0. The van der Waals surface area contributed by atoms with Gasteiger partial charge >= 0.3 is 0 Å². The van der Waals surface area contributed by atoms with Crippen molar-refractivity contribution < 1.29 is 9.26 Å². The lowest BCUT2D eigenvalue weighted by Crippen LogP contribution is -1.99. The predicted octanol–water partition coefficient (Wildman–Crippen LogP) is 6.43. The first-order valence-corrected chi connectivity index (χ1v) is 9.87. The van der Waals surface area contributed by atoms with Crippen LogP contribution in [0.3, 0.4) is 0 Å². The lowest BCUT2D eigenvalue weighted by molar-refractivity contribution is 0.435. The van der Waals surface area contributed by atoms with Gasteiger partial charge < -0.3 is 13.8 Å². The Morgan fingerprint density at radius 1 is 0.964 bits per heavy atom. The zero-order valence-corrected chi connectivity index (χ0v) is 15.8. The summed E-state index contributed by atoms with van der Waals surface area (Å²) >= 11 is 1.74. The molecular formula is C23H17N2O2S-. The molecular weight excluding hydrogens is 368 g/mol. The van der Waals surface area contributed by atoms with Crippen LogP contribution in [0.1, 0.15) is 4.88 Å². The second-order valence-corrected chi connectivity index (χ2v) is 7.48. The van der Waals surface area contributed by atoms with Crippen LogP contribution in [-0.2, 0) is 6.54 Å². The molecule has 28 heavy (non-hydrogen) atoms. The Hall–Kier alpha value is -3.44. The summed E-state index contributed by atoms with van der Waals surface area (Å²) in [6.45, 7) is 0.898. The number of ether oxygens (including phenoxy) is 1. The summed E-state index contributed by atoms with van der Waals surface area (Å²) in [6.07, 6.45) is 4.14. The highest BCUT2D eigenvalue weighted by molar-refractivity contribution is 7.10. The van der Waals surface area contributed by atoms with Gasteiger partial charge in [0.1, 0.15) is 17.2 Å². The van der Waals surface area contributed by atoms with Gasteiger partial charge in [-0.05, 0) is 42.5 Å². The van der Waals surface area contributed by atoms with Crippen LogP contribution in [0.4, 0.5) is 0 Å². The van der Waals surface area contributed by atoms with Crippen molar-refractivity contribution in [1.82, 2.24) is 9.72 Å². The van der Waals surface area contributed by atoms with Crippen LogP contribution in [0.5, 0.6) is 11.5 Å². The third kappa shape index (κ3) is 3.52. The first-order chi connectivity index (χ1) is 13.8. The van der Waals surface area contributed by atoms with Gasteiger partial charge in [0.05, 0.1) is 0 Å². The molecule has 5 aromatic rings. The van der Waals surface area contributed by atoms with Gasteiger partial charge in [-0.3, -0.25) is 0 Å². The quantitative estimate of drug-likeness (QED) is 0.316. The van der Waals surface area contributed by atoms with Crippen LogP contribution in [-0.4, -0.2) is 9.72 Å². The Morgan fingerprint density at radius 2 is 1.75 bits per heavy atom. The van der Waals surface area contributed by atoms with Crippen molar-refractivity contribution in [2.45, 2.75) is 6.54 Å². The SMILES string of the molecule is c1ccc(Oc2ccc(-c3cc(-c4csc(Cn5cc[cH-]5)c4)no3)cc2)cc1. The van der Waals surface area contributed by atoms with Gasteiger partial charge in [-0.1, -0.05) is 23.4 Å². The lowest BCUT2D eigenvalue weighted by atomic mass is 10.1. The average molecular weight is 385 g/mol. The molecule has 3 heterocycles. The van der Waals surface area contributed by atoms with Crippen LogP contribution in [0.15, 0.2) is 95.1 Å². The smallest absolute Gasteiger partial charge is 0.167 e. The molecule has 3 aromatic heterocycles. The Kier molecular flexibility index (Phi) is 4.35. The Labute approximate surface area is 166 Å². The molecule has 0 N–H and O–H groups in total. The normalized spacial score (nSPS) is 11.0. The van der Waals surface area contributed by atoms with Crippen molar-refractivity contribution in [2.75, 3.05) is 0 Å². The number of rotatable bonds is 6. The standard InChI is InChI=1S/C23H17N2O2S/c1-2-5-19(6-3-1)26-20-9-7-17(8-10-20)23-14-22(24-27-23)18-13-21(28-16-18)15-25-11-4-12-25/h1-14,16H,15H2/q-1. The molecule has 0 spiro atoms. The van der Waals surface area contributed by atoms with Gasteiger partial charge in [0, 0.05) is 34.0 Å². The number of para-hydroxylation sites is 1. The fourth-order valence-electron chi connectivity index (χ4n) is 2.95. The van der Waals surface area contributed by atoms with Crippen LogP contribution in [0.2, 0.25) is 0 Å². The first-order valence-electron chi connectivity index (χ1n) is 8.99. The van der Waals surface area contributed by atoms with Crippen molar-refractivity contribution in [3.8, 4) is 34.1 Å². The zero-order valence-electron chi connectivity index (χ0n) is 15.0. The molecule has 5 rings (SSSR count). The lowest BCUT2D eigenvalue weighted by Gasteiger charge is -2.13. The van der Waals surface area contributed by atoms with E-state index >= 15 is 0 Å². The number of aromatic nitrogens is 2. The number of thiophene rings is 1. The first kappa shape index (κ1) is 16.7. The molecule has 0 fully saturated rings. The highest BCUT2D eigenvalue weighted by Crippen LogP contribution is 2.31. The summed E-state index contributed by atoms with van der Waals surface area (Å²) in [5.74, 6) is 2.35. The van der Waals surface area contributed by atoms with E-state index in [2.05, 4.69) is 33.6 Å². The molecule has 0 bridgehead atoms. The molecule has 0 amide bonds. The fourth-order valence-corrected chi connectivity index (χ4v) is 3.84. The topological polar surface area (TPSA) is 40.2 Å². The zero-order chi connectivity index (χ0) is 18.8. The van der Waals surface area contributed by atoms with Crippen molar-refractivity contribution in [1.29, 1.82) is 0 Å². The van der Waals surface area contributed by atoms with E-state index < -0.39 is 0 Å². The second kappa shape index (κ2) is 7.29. The van der Waals surface area contributed by atoms with Gasteiger partial charge in [0.15, 0.2) is 5.76 Å². The van der Waals surface area contributed by atoms with E-state index in [4.69, 9.17) is 9.26 Å². The maximum Gasteiger partial charge on any atom is 0.167 e. The van der Waals surface area contributed by atoms with E-state index in [-0.39, 0.29) is 0 Å². The molecule has 0 saturated carbocycles. The molecule has 2 aromatic carbocycles. The molecule has 0 saturated heterocycles. The Morgan fingerprint density at radius 3 is 2.50 bits per heavy atom. The highest BCUT2D eigenvalue weighted by atomic mass is 32.1. The number of nitrogens with zero attached hydrogens (tertiary/aromatic N) is 2. The van der Waals surface area contributed by atoms with Crippen LogP contribution < -0.4 is 4.74 Å². The summed E-state index contributed by atoms with van der Waals surface area (Å²) in [6, 6.07) is 23.8. The van der Waals surface area contributed by atoms with Crippen molar-refractivity contribution in [3.63, 3.8) is 0 Å². The van der Waals surface area contributed by atoms with E-state index in [1.54, 1.807) is 11.3 Å². The van der Waals surface area contributed by atoms with Crippen LogP contribution in [0.25, 0.3) is 22.6 Å². The van der Waals surface area contributed by atoms with Gasteiger partial charge in [-0.25, -0.2) is 0 Å². The number of hydrogen-bond acceptors (Lipinski definition) is 4. The molecule has 0 aliphatic rings. The van der Waals surface area contributed by atoms with E-state index in [1.165, 1.54) is 4.88 Å². The minimum Gasteiger partial charge on any atom is -0.457 e. The summed E-state index contributed by atoms with van der Waals surface area (Å²) < 4.78 is 13.6. The van der Waals surface area contributed by atoms with Crippen molar-refractivity contribution in [3.05, 3.63) is 95.4 Å². The van der Waals surface area contributed by atoms with Crippen LogP contribution >= 0.6 is 11.3 Å². The molecule has 0 aliphatic carbocycles. The van der Waals surface area contributed by atoms with E-state index in [0.29, 0.717) is 0 Å². The van der Waals surface area contributed by atoms with Gasteiger partial charge in [-0.15, -0.1) is 29.8 Å². The summed E-state index contributed by atoms with van der Waals surface area (Å²) in [4.78, 5) is 1.29. The Balaban J connectivity index is 1.31.